The van der Waals surface area contributed by atoms with E-state index in [1.807, 2.05) is 0 Å². The Bertz CT molecular complexity index is 1380. The number of pyridine rings is 1. The predicted octanol–water partition coefficient (Wildman–Crippen LogP) is 1.98. The highest BCUT2D eigenvalue weighted by atomic mass is 16.4. The van der Waals surface area contributed by atoms with Crippen LogP contribution in [0.1, 0.15) is 27.0 Å². The van der Waals surface area contributed by atoms with Gasteiger partial charge in [0, 0.05) is 24.5 Å². The summed E-state index contributed by atoms with van der Waals surface area (Å²) in [6, 6.07) is 15.2. The number of benzene rings is 2. The van der Waals surface area contributed by atoms with Crippen LogP contribution in [0.3, 0.4) is 0 Å². The number of nitrogens with two attached hydrogens (primary N) is 1. The molecule has 0 atom stereocenters. The number of carboxylic acid groups (broad SMARTS) is 1. The summed E-state index contributed by atoms with van der Waals surface area (Å²) >= 11 is 0. The number of aromatic nitrogens is 3. The largest absolute Gasteiger partial charge is 0.481 e. The molecule has 9 nitrogen and oxygen atoms in total. The molecule has 2 aromatic carbocycles. The molecule has 0 saturated carbocycles. The van der Waals surface area contributed by atoms with Gasteiger partial charge in [0.1, 0.15) is 0 Å². The van der Waals surface area contributed by atoms with Crippen LogP contribution in [-0.2, 0) is 24.3 Å². The first kappa shape index (κ1) is 21.7. The van der Waals surface area contributed by atoms with Gasteiger partial charge in [-0.1, -0.05) is 24.3 Å². The lowest BCUT2D eigenvalue weighted by atomic mass is 10.1. The van der Waals surface area contributed by atoms with Gasteiger partial charge in [0.05, 0.1) is 23.9 Å². The Hall–Kier alpha value is -4.53. The molecule has 2 aromatic heterocycles. The van der Waals surface area contributed by atoms with E-state index in [9.17, 15) is 14.4 Å². The lowest BCUT2D eigenvalue weighted by Crippen LogP contribution is -2.26. The number of hydrogen-bond acceptors (Lipinski definition) is 6. The molecule has 1 amide bonds. The standard InChI is InChI=1S/C24H21N5O4/c25-24-28-20-6-5-18(22(32)27-13-16-7-9-26-10-8-16)12-19(20)23(33)29(24)14-17-3-1-15(2-4-17)11-21(30)31/h1-10,12H,11,13-14H2,(H2,25,28)(H,27,32)(H,30,31). The van der Waals surface area contributed by atoms with Crippen molar-refractivity contribution in [3.63, 3.8) is 0 Å². The van der Waals surface area contributed by atoms with Crippen molar-refractivity contribution in [1.82, 2.24) is 19.9 Å². The number of fused-ring (bicyclic) bond motifs is 1. The highest BCUT2D eigenvalue weighted by Crippen LogP contribution is 2.15. The van der Waals surface area contributed by atoms with Gasteiger partial charge in [-0.2, -0.15) is 0 Å². The van der Waals surface area contributed by atoms with Crippen LogP contribution in [0.15, 0.2) is 71.8 Å². The summed E-state index contributed by atoms with van der Waals surface area (Å²) in [5.41, 5.74) is 8.74. The van der Waals surface area contributed by atoms with Gasteiger partial charge in [0.2, 0.25) is 5.95 Å². The van der Waals surface area contributed by atoms with Crippen LogP contribution < -0.4 is 16.6 Å². The Kier molecular flexibility index (Phi) is 6.12. The van der Waals surface area contributed by atoms with Crippen LogP contribution in [0.5, 0.6) is 0 Å². The molecule has 0 saturated heterocycles. The van der Waals surface area contributed by atoms with E-state index in [2.05, 4.69) is 15.3 Å². The normalized spacial score (nSPS) is 10.8. The number of carboxylic acids is 1. The molecule has 0 fully saturated rings. The van der Waals surface area contributed by atoms with Crippen molar-refractivity contribution in [2.75, 3.05) is 5.73 Å². The first-order valence-electron chi connectivity index (χ1n) is 10.2. The van der Waals surface area contributed by atoms with Gasteiger partial charge in [-0.15, -0.1) is 0 Å². The molecule has 166 valence electrons. The summed E-state index contributed by atoms with van der Waals surface area (Å²) in [6.45, 7) is 0.501. The molecule has 9 heteroatoms. The quantitative estimate of drug-likeness (QED) is 0.397. The monoisotopic (exact) mass is 443 g/mol. The van der Waals surface area contributed by atoms with Gasteiger partial charge in [-0.25, -0.2) is 4.98 Å². The number of carbonyl (C=O) groups excluding carboxylic acids is 1. The fourth-order valence-electron chi connectivity index (χ4n) is 3.44. The van der Waals surface area contributed by atoms with Crippen molar-refractivity contribution in [3.8, 4) is 0 Å². The minimum atomic E-state index is -0.914. The number of carbonyl (C=O) groups is 2. The molecule has 0 aliphatic carbocycles. The summed E-state index contributed by atoms with van der Waals surface area (Å²) in [7, 11) is 0. The fourth-order valence-corrected chi connectivity index (χ4v) is 3.44. The van der Waals surface area contributed by atoms with Crippen LogP contribution in [0.2, 0.25) is 0 Å². The molecule has 0 radical (unpaired) electrons. The molecule has 0 spiro atoms. The molecule has 4 rings (SSSR count). The number of aliphatic carboxylic acids is 1. The van der Waals surface area contributed by atoms with Gasteiger partial charge >= 0.3 is 5.97 Å². The first-order chi connectivity index (χ1) is 15.9. The van der Waals surface area contributed by atoms with Gasteiger partial charge in [-0.3, -0.25) is 23.9 Å². The zero-order chi connectivity index (χ0) is 23.4. The Morgan fingerprint density at radius 1 is 0.970 bits per heavy atom. The van der Waals surface area contributed by atoms with E-state index in [0.29, 0.717) is 23.2 Å². The molecule has 0 unspecified atom stereocenters. The molecule has 33 heavy (non-hydrogen) atoms. The lowest BCUT2D eigenvalue weighted by molar-refractivity contribution is -0.136. The van der Waals surface area contributed by atoms with E-state index >= 15 is 0 Å². The zero-order valence-electron chi connectivity index (χ0n) is 17.6. The second-order valence-corrected chi connectivity index (χ2v) is 7.52. The van der Waals surface area contributed by atoms with Crippen LogP contribution in [-0.4, -0.2) is 31.5 Å². The molecule has 0 aliphatic heterocycles. The number of nitrogens with zero attached hydrogens (tertiary/aromatic N) is 3. The third-order valence-corrected chi connectivity index (χ3v) is 5.17. The van der Waals surface area contributed by atoms with Crippen LogP contribution in [0.25, 0.3) is 10.9 Å². The number of nitrogen functional groups attached to an aromatic ring is 1. The number of amides is 1. The number of nitrogens with one attached hydrogen (secondary N) is 1. The molecule has 4 N–H and O–H groups in total. The smallest absolute Gasteiger partial charge is 0.307 e. The van der Waals surface area contributed by atoms with Gasteiger partial charge < -0.3 is 16.2 Å². The van der Waals surface area contributed by atoms with Crippen LogP contribution in [0, 0.1) is 0 Å². The van der Waals surface area contributed by atoms with Crippen LogP contribution in [0.4, 0.5) is 5.95 Å². The highest BCUT2D eigenvalue weighted by molar-refractivity contribution is 5.97. The Morgan fingerprint density at radius 2 is 1.67 bits per heavy atom. The van der Waals surface area contributed by atoms with E-state index in [1.165, 1.54) is 10.6 Å². The molecule has 0 bridgehead atoms. The second kappa shape index (κ2) is 9.31. The average Bonchev–Trinajstić information content (AvgIpc) is 2.81. The maximum Gasteiger partial charge on any atom is 0.307 e. The SMILES string of the molecule is Nc1nc2ccc(C(=O)NCc3ccncc3)cc2c(=O)n1Cc1ccc(CC(=O)O)cc1. The number of rotatable bonds is 7. The van der Waals surface area contributed by atoms with Gasteiger partial charge in [0.25, 0.3) is 11.5 Å². The topological polar surface area (TPSA) is 140 Å². The predicted molar refractivity (Wildman–Crippen MR) is 123 cm³/mol. The van der Waals surface area contributed by atoms with E-state index in [-0.39, 0.29) is 35.8 Å². The minimum Gasteiger partial charge on any atom is -0.481 e. The maximum absolute atomic E-state index is 13.1. The Morgan fingerprint density at radius 3 is 2.36 bits per heavy atom. The van der Waals surface area contributed by atoms with E-state index in [0.717, 1.165) is 11.1 Å². The number of hydrogen-bond donors (Lipinski definition) is 3. The van der Waals surface area contributed by atoms with Gasteiger partial charge in [0.15, 0.2) is 0 Å². The third kappa shape index (κ3) is 5.04. The highest BCUT2D eigenvalue weighted by Gasteiger charge is 2.13. The molecule has 0 aliphatic rings. The van der Waals surface area contributed by atoms with Crippen molar-refractivity contribution < 1.29 is 14.7 Å². The zero-order valence-corrected chi connectivity index (χ0v) is 17.6. The summed E-state index contributed by atoms with van der Waals surface area (Å²) in [6.07, 6.45) is 3.22. The second-order valence-electron chi connectivity index (χ2n) is 7.52. The first-order valence-corrected chi connectivity index (χ1v) is 10.2. The summed E-state index contributed by atoms with van der Waals surface area (Å²) in [5.74, 6) is -1.18. The fraction of sp³-hybridized carbons (Fsp3) is 0.125. The van der Waals surface area contributed by atoms with Gasteiger partial charge in [-0.05, 0) is 47.0 Å². The lowest BCUT2D eigenvalue weighted by Gasteiger charge is -2.12. The minimum absolute atomic E-state index is 0.0528. The van der Waals surface area contributed by atoms with Crippen molar-refractivity contribution in [3.05, 3.63) is 99.6 Å². The summed E-state index contributed by atoms with van der Waals surface area (Å²) < 4.78 is 1.33. The van der Waals surface area contributed by atoms with E-state index in [1.54, 1.807) is 60.9 Å². The maximum atomic E-state index is 13.1. The number of anilines is 1. The summed E-state index contributed by atoms with van der Waals surface area (Å²) in [5, 5.41) is 12.0. The van der Waals surface area contributed by atoms with Crippen LogP contribution >= 0.6 is 0 Å². The Balaban J connectivity index is 1.58. The van der Waals surface area contributed by atoms with E-state index < -0.39 is 5.97 Å². The average molecular weight is 443 g/mol. The molecular weight excluding hydrogens is 422 g/mol. The van der Waals surface area contributed by atoms with Crippen molar-refractivity contribution in [2.24, 2.45) is 0 Å². The molecular formula is C24H21N5O4. The molecule has 4 aromatic rings. The van der Waals surface area contributed by atoms with Crippen molar-refractivity contribution in [1.29, 1.82) is 0 Å². The van der Waals surface area contributed by atoms with Crippen molar-refractivity contribution >= 4 is 28.7 Å². The summed E-state index contributed by atoms with van der Waals surface area (Å²) in [4.78, 5) is 44.8. The van der Waals surface area contributed by atoms with E-state index in [4.69, 9.17) is 10.8 Å². The third-order valence-electron chi connectivity index (χ3n) is 5.17. The molecule has 2 heterocycles. The van der Waals surface area contributed by atoms with Crippen molar-refractivity contribution in [2.45, 2.75) is 19.5 Å². The Labute approximate surface area is 188 Å².